The number of rotatable bonds is 5. The van der Waals surface area contributed by atoms with Crippen molar-refractivity contribution in [3.63, 3.8) is 0 Å². The third-order valence-corrected chi connectivity index (χ3v) is 4.55. The smallest absolute Gasteiger partial charge is 0.237 e. The number of benzene rings is 2. The molecule has 0 radical (unpaired) electrons. The van der Waals surface area contributed by atoms with Crippen molar-refractivity contribution in [3.8, 4) is 11.3 Å². The summed E-state index contributed by atoms with van der Waals surface area (Å²) in [4.78, 5) is 19.4. The number of imidazole rings is 1. The van der Waals surface area contributed by atoms with Crippen LogP contribution in [0.4, 0.5) is 18.9 Å². The second-order valence-electron chi connectivity index (χ2n) is 5.49. The Balaban J connectivity index is 1.64. The minimum Gasteiger partial charge on any atom is -0.333 e. The van der Waals surface area contributed by atoms with Crippen LogP contribution in [0.25, 0.3) is 11.3 Å². The van der Waals surface area contributed by atoms with Gasteiger partial charge in [-0.25, -0.2) is 18.2 Å². The average Bonchev–Trinajstić information content (AvgIpc) is 3.07. The van der Waals surface area contributed by atoms with Crippen molar-refractivity contribution in [2.24, 2.45) is 0 Å². The van der Waals surface area contributed by atoms with Crippen LogP contribution in [0.15, 0.2) is 53.8 Å². The second-order valence-corrected chi connectivity index (χ2v) is 6.82. The second kappa shape index (κ2) is 7.65. The number of hydrogen-bond donors (Lipinski definition) is 2. The molecule has 4 nitrogen and oxygen atoms in total. The van der Waals surface area contributed by atoms with E-state index in [1.807, 2.05) is 0 Å². The van der Waals surface area contributed by atoms with Crippen molar-refractivity contribution in [1.29, 1.82) is 0 Å². The van der Waals surface area contributed by atoms with Gasteiger partial charge >= 0.3 is 0 Å². The zero-order valence-corrected chi connectivity index (χ0v) is 14.4. The third-order valence-electron chi connectivity index (χ3n) is 3.55. The first-order chi connectivity index (χ1) is 12.4. The van der Waals surface area contributed by atoms with Crippen molar-refractivity contribution in [2.45, 2.75) is 17.3 Å². The number of aromatic nitrogens is 2. The van der Waals surface area contributed by atoms with Gasteiger partial charge in [0.15, 0.2) is 16.8 Å². The van der Waals surface area contributed by atoms with Crippen LogP contribution in [0.3, 0.4) is 0 Å². The molecule has 0 spiro atoms. The lowest BCUT2D eigenvalue weighted by molar-refractivity contribution is -0.115. The Morgan fingerprint density at radius 1 is 1.12 bits per heavy atom. The third kappa shape index (κ3) is 4.26. The highest BCUT2D eigenvalue weighted by Crippen LogP contribution is 2.25. The normalized spacial score (nSPS) is 12.0. The lowest BCUT2D eigenvalue weighted by Gasteiger charge is -2.10. The molecule has 2 aromatic carbocycles. The van der Waals surface area contributed by atoms with E-state index in [0.717, 1.165) is 17.7 Å². The molecule has 3 aromatic rings. The molecule has 26 heavy (non-hydrogen) atoms. The van der Waals surface area contributed by atoms with Gasteiger partial charge in [-0.2, -0.15) is 0 Å². The standard InChI is InChI=1S/C18H14F3N3OS/c1-10(17(25)23-13-6-7-14(20)15(21)8-13)26-18-22-9-16(24-18)11-2-4-12(19)5-3-11/h2-10H,1H3,(H,22,24)(H,23,25). The van der Waals surface area contributed by atoms with Crippen LogP contribution in [-0.4, -0.2) is 21.1 Å². The van der Waals surface area contributed by atoms with E-state index < -0.39 is 16.9 Å². The summed E-state index contributed by atoms with van der Waals surface area (Å²) in [6.07, 6.45) is 1.59. The van der Waals surface area contributed by atoms with E-state index in [4.69, 9.17) is 0 Å². The number of hydrogen-bond acceptors (Lipinski definition) is 3. The summed E-state index contributed by atoms with van der Waals surface area (Å²) < 4.78 is 39.1. The molecule has 1 heterocycles. The zero-order valence-electron chi connectivity index (χ0n) is 13.6. The molecule has 2 N–H and O–H groups in total. The van der Waals surface area contributed by atoms with Crippen molar-refractivity contribution >= 4 is 23.4 Å². The van der Waals surface area contributed by atoms with E-state index in [9.17, 15) is 18.0 Å². The van der Waals surface area contributed by atoms with Gasteiger partial charge in [0, 0.05) is 11.8 Å². The molecule has 8 heteroatoms. The van der Waals surface area contributed by atoms with E-state index >= 15 is 0 Å². The fourth-order valence-corrected chi connectivity index (χ4v) is 2.96. The first-order valence-corrected chi connectivity index (χ1v) is 8.54. The fourth-order valence-electron chi connectivity index (χ4n) is 2.18. The number of nitrogens with zero attached hydrogens (tertiary/aromatic N) is 1. The van der Waals surface area contributed by atoms with Crippen LogP contribution in [0.1, 0.15) is 6.92 Å². The summed E-state index contributed by atoms with van der Waals surface area (Å²) in [6.45, 7) is 1.67. The molecule has 0 aliphatic rings. The maximum Gasteiger partial charge on any atom is 0.237 e. The number of nitrogens with one attached hydrogen (secondary N) is 2. The maximum atomic E-state index is 13.2. The maximum absolute atomic E-state index is 13.2. The molecular weight excluding hydrogens is 363 g/mol. The van der Waals surface area contributed by atoms with Gasteiger partial charge in [0.2, 0.25) is 5.91 Å². The van der Waals surface area contributed by atoms with Crippen LogP contribution < -0.4 is 5.32 Å². The Morgan fingerprint density at radius 3 is 2.54 bits per heavy atom. The Labute approximate surface area is 151 Å². The molecule has 0 aliphatic carbocycles. The highest BCUT2D eigenvalue weighted by Gasteiger charge is 2.17. The SMILES string of the molecule is CC(Sc1ncc(-c2ccc(F)cc2)[nH]1)C(=O)Nc1ccc(F)c(F)c1. The molecule has 1 unspecified atom stereocenters. The van der Waals surface area contributed by atoms with Gasteiger partial charge in [-0.1, -0.05) is 11.8 Å². The number of aromatic amines is 1. The monoisotopic (exact) mass is 377 g/mol. The minimum atomic E-state index is -1.03. The van der Waals surface area contributed by atoms with Crippen LogP contribution in [0, 0.1) is 17.5 Å². The highest BCUT2D eigenvalue weighted by molar-refractivity contribution is 8.00. The average molecular weight is 377 g/mol. The first-order valence-electron chi connectivity index (χ1n) is 7.66. The Hall–Kier alpha value is -2.74. The van der Waals surface area contributed by atoms with E-state index in [0.29, 0.717) is 10.9 Å². The molecule has 1 aromatic heterocycles. The first kappa shape index (κ1) is 18.1. The van der Waals surface area contributed by atoms with E-state index in [-0.39, 0.29) is 17.4 Å². The van der Waals surface area contributed by atoms with E-state index in [2.05, 4.69) is 15.3 Å². The number of carbonyl (C=O) groups excluding carboxylic acids is 1. The topological polar surface area (TPSA) is 57.8 Å². The molecule has 0 saturated heterocycles. The quantitative estimate of drug-likeness (QED) is 0.638. The molecule has 134 valence electrons. The zero-order chi connectivity index (χ0) is 18.7. The molecule has 0 bridgehead atoms. The molecule has 0 saturated carbocycles. The summed E-state index contributed by atoms with van der Waals surface area (Å²) in [5.41, 5.74) is 1.64. The van der Waals surface area contributed by atoms with Crippen molar-refractivity contribution in [2.75, 3.05) is 5.32 Å². The lowest BCUT2D eigenvalue weighted by Crippen LogP contribution is -2.22. The van der Waals surface area contributed by atoms with E-state index in [1.54, 1.807) is 25.3 Å². The van der Waals surface area contributed by atoms with Gasteiger partial charge in [-0.05, 0) is 48.9 Å². The minimum absolute atomic E-state index is 0.174. The molecular formula is C18H14F3N3OS. The summed E-state index contributed by atoms with van der Waals surface area (Å²) in [5, 5.41) is 2.50. The predicted octanol–water partition coefficient (Wildman–Crippen LogP) is 4.61. The fraction of sp³-hybridized carbons (Fsp3) is 0.111. The Bertz CT molecular complexity index is 928. The summed E-state index contributed by atoms with van der Waals surface area (Å²) in [6, 6.07) is 9.09. The van der Waals surface area contributed by atoms with Crippen LogP contribution in [-0.2, 0) is 4.79 Å². The van der Waals surface area contributed by atoms with Crippen molar-refractivity contribution < 1.29 is 18.0 Å². The highest BCUT2D eigenvalue weighted by atomic mass is 32.2. The van der Waals surface area contributed by atoms with Gasteiger partial charge in [0.25, 0.3) is 0 Å². The Morgan fingerprint density at radius 2 is 1.85 bits per heavy atom. The van der Waals surface area contributed by atoms with Crippen LogP contribution in [0.5, 0.6) is 0 Å². The van der Waals surface area contributed by atoms with Gasteiger partial charge in [0.1, 0.15) is 5.82 Å². The number of halogens is 3. The number of H-pyrrole nitrogens is 1. The van der Waals surface area contributed by atoms with Gasteiger partial charge < -0.3 is 10.3 Å². The molecule has 0 fully saturated rings. The van der Waals surface area contributed by atoms with Crippen molar-refractivity contribution in [1.82, 2.24) is 9.97 Å². The number of thioether (sulfide) groups is 1. The van der Waals surface area contributed by atoms with Crippen molar-refractivity contribution in [3.05, 3.63) is 66.1 Å². The summed E-state index contributed by atoms with van der Waals surface area (Å²) in [5.74, 6) is -2.71. The molecule has 0 aliphatic heterocycles. The molecule has 1 amide bonds. The lowest BCUT2D eigenvalue weighted by atomic mass is 10.2. The Kier molecular flexibility index (Phi) is 5.32. The molecule has 1 atom stereocenters. The number of anilines is 1. The number of amides is 1. The summed E-state index contributed by atoms with van der Waals surface area (Å²) in [7, 11) is 0. The predicted molar refractivity (Wildman–Crippen MR) is 94.3 cm³/mol. The van der Waals surface area contributed by atoms with Gasteiger partial charge in [-0.15, -0.1) is 0 Å². The van der Waals surface area contributed by atoms with Crippen LogP contribution in [0.2, 0.25) is 0 Å². The largest absolute Gasteiger partial charge is 0.333 e. The van der Waals surface area contributed by atoms with E-state index in [1.165, 1.54) is 30.0 Å². The van der Waals surface area contributed by atoms with Gasteiger partial charge in [0.05, 0.1) is 17.1 Å². The van der Waals surface area contributed by atoms with Gasteiger partial charge in [-0.3, -0.25) is 4.79 Å². The summed E-state index contributed by atoms with van der Waals surface area (Å²) >= 11 is 1.18. The van der Waals surface area contributed by atoms with Crippen LogP contribution >= 0.6 is 11.8 Å². The molecule has 3 rings (SSSR count). The number of carbonyl (C=O) groups is 1.